The zero-order valence-corrected chi connectivity index (χ0v) is 14.3. The van der Waals surface area contributed by atoms with E-state index in [1.807, 2.05) is 0 Å². The van der Waals surface area contributed by atoms with E-state index in [1.165, 1.54) is 16.4 Å². The maximum Gasteiger partial charge on any atom is 0.251 e. The normalized spacial score (nSPS) is 20.5. The van der Waals surface area contributed by atoms with Crippen LogP contribution in [0.5, 0.6) is 0 Å². The Bertz CT molecular complexity index is 697. The summed E-state index contributed by atoms with van der Waals surface area (Å²) in [4.78, 5) is 12.5. The van der Waals surface area contributed by atoms with Gasteiger partial charge in [0.2, 0.25) is 10.0 Å². The smallest absolute Gasteiger partial charge is 0.251 e. The minimum Gasteiger partial charge on any atom is -0.379 e. The summed E-state index contributed by atoms with van der Waals surface area (Å²) in [5, 5.41) is 2.91. The van der Waals surface area contributed by atoms with Crippen LogP contribution in [-0.4, -0.2) is 57.5 Å². The van der Waals surface area contributed by atoms with Crippen LogP contribution in [0.1, 0.15) is 23.2 Å². The first-order chi connectivity index (χ1) is 11.5. The number of morpholine rings is 1. The highest BCUT2D eigenvalue weighted by Crippen LogP contribution is 2.32. The maximum absolute atomic E-state index is 12.7. The zero-order valence-electron chi connectivity index (χ0n) is 13.5. The van der Waals surface area contributed by atoms with Crippen molar-refractivity contribution in [2.75, 3.05) is 32.8 Å². The van der Waals surface area contributed by atoms with Crippen molar-refractivity contribution in [3.8, 4) is 0 Å². The van der Waals surface area contributed by atoms with Gasteiger partial charge >= 0.3 is 0 Å². The molecule has 1 saturated carbocycles. The molecule has 3 rings (SSSR count). The molecule has 24 heavy (non-hydrogen) atoms. The third-order valence-electron chi connectivity index (χ3n) is 4.47. The molecular formula is C16H23N3O4S. The van der Waals surface area contributed by atoms with E-state index in [0.717, 1.165) is 12.8 Å². The van der Waals surface area contributed by atoms with Crippen LogP contribution >= 0.6 is 0 Å². The summed E-state index contributed by atoms with van der Waals surface area (Å²) in [6.45, 7) is 1.82. The predicted octanol–water partition coefficient (Wildman–Crippen LogP) is 0.175. The van der Waals surface area contributed by atoms with E-state index in [2.05, 4.69) is 5.32 Å². The fourth-order valence-corrected chi connectivity index (χ4v) is 4.31. The number of carbonyl (C=O) groups is 1. The summed E-state index contributed by atoms with van der Waals surface area (Å²) in [6.07, 6.45) is 2.15. The molecule has 0 spiro atoms. The van der Waals surface area contributed by atoms with Crippen molar-refractivity contribution in [3.05, 3.63) is 29.8 Å². The predicted molar refractivity (Wildman–Crippen MR) is 89.1 cm³/mol. The molecule has 2 fully saturated rings. The molecule has 1 atom stereocenters. The van der Waals surface area contributed by atoms with Crippen molar-refractivity contribution in [1.29, 1.82) is 0 Å². The Labute approximate surface area is 142 Å². The van der Waals surface area contributed by atoms with Gasteiger partial charge in [0, 0.05) is 31.2 Å². The van der Waals surface area contributed by atoms with Crippen LogP contribution in [-0.2, 0) is 14.8 Å². The van der Waals surface area contributed by atoms with Gasteiger partial charge in [-0.1, -0.05) is 6.07 Å². The number of benzene rings is 1. The number of sulfonamides is 1. The lowest BCUT2D eigenvalue weighted by molar-refractivity contribution is 0.0730. The minimum atomic E-state index is -3.61. The second kappa shape index (κ2) is 7.18. The number of nitrogens with one attached hydrogen (secondary N) is 1. The molecule has 8 heteroatoms. The summed E-state index contributed by atoms with van der Waals surface area (Å²) >= 11 is 0. The van der Waals surface area contributed by atoms with Gasteiger partial charge in [0.15, 0.2) is 0 Å². The van der Waals surface area contributed by atoms with Crippen LogP contribution in [0.4, 0.5) is 0 Å². The summed E-state index contributed by atoms with van der Waals surface area (Å²) in [5.74, 6) is 0.163. The summed E-state index contributed by atoms with van der Waals surface area (Å²) in [6, 6.07) is 6.12. The lowest BCUT2D eigenvalue weighted by atomic mass is 10.1. The first-order valence-corrected chi connectivity index (χ1v) is 9.65. The monoisotopic (exact) mass is 353 g/mol. The lowest BCUT2D eigenvalue weighted by Crippen LogP contribution is -2.42. The van der Waals surface area contributed by atoms with Gasteiger partial charge in [-0.2, -0.15) is 4.31 Å². The highest BCUT2D eigenvalue weighted by atomic mass is 32.2. The third kappa shape index (κ3) is 3.77. The van der Waals surface area contributed by atoms with Crippen LogP contribution < -0.4 is 11.1 Å². The molecule has 1 amide bonds. The molecule has 1 aromatic rings. The Hall–Kier alpha value is -1.48. The molecule has 0 aromatic heterocycles. The molecule has 0 radical (unpaired) electrons. The van der Waals surface area contributed by atoms with E-state index in [1.54, 1.807) is 12.1 Å². The number of rotatable bonds is 6. The van der Waals surface area contributed by atoms with Crippen molar-refractivity contribution in [2.24, 2.45) is 11.7 Å². The molecule has 132 valence electrons. The van der Waals surface area contributed by atoms with E-state index in [-0.39, 0.29) is 16.8 Å². The highest BCUT2D eigenvalue weighted by molar-refractivity contribution is 7.89. The van der Waals surface area contributed by atoms with Crippen molar-refractivity contribution >= 4 is 15.9 Å². The lowest BCUT2D eigenvalue weighted by Gasteiger charge is -2.26. The number of nitrogens with two attached hydrogens (primary N) is 1. The van der Waals surface area contributed by atoms with E-state index in [4.69, 9.17) is 10.5 Å². The second-order valence-electron chi connectivity index (χ2n) is 6.20. The fraction of sp³-hybridized carbons (Fsp3) is 0.562. The Morgan fingerprint density at radius 1 is 1.33 bits per heavy atom. The van der Waals surface area contributed by atoms with E-state index < -0.39 is 10.0 Å². The number of amides is 1. The number of hydrogen-bond acceptors (Lipinski definition) is 5. The van der Waals surface area contributed by atoms with Crippen LogP contribution in [0, 0.1) is 5.92 Å². The standard InChI is InChI=1S/C16H23N3O4S/c17-11-15(12-4-5-12)18-16(20)13-2-1-3-14(10-13)24(21,22)19-6-8-23-9-7-19/h1-3,10,12,15H,4-9,11,17H2,(H,18,20). The number of ether oxygens (including phenoxy) is 1. The van der Waals surface area contributed by atoms with Crippen LogP contribution in [0.2, 0.25) is 0 Å². The van der Waals surface area contributed by atoms with Gasteiger partial charge in [-0.15, -0.1) is 0 Å². The molecular weight excluding hydrogens is 330 g/mol. The summed E-state index contributed by atoms with van der Waals surface area (Å²) < 4.78 is 31.9. The van der Waals surface area contributed by atoms with Crippen molar-refractivity contribution in [1.82, 2.24) is 9.62 Å². The molecule has 1 aromatic carbocycles. The summed E-state index contributed by atoms with van der Waals surface area (Å²) in [5.41, 5.74) is 6.04. The maximum atomic E-state index is 12.7. The second-order valence-corrected chi connectivity index (χ2v) is 8.14. The van der Waals surface area contributed by atoms with E-state index in [0.29, 0.717) is 44.3 Å². The zero-order chi connectivity index (χ0) is 17.2. The van der Waals surface area contributed by atoms with E-state index >= 15 is 0 Å². The van der Waals surface area contributed by atoms with Gasteiger partial charge in [-0.05, 0) is 37.0 Å². The van der Waals surface area contributed by atoms with Crippen LogP contribution in [0.15, 0.2) is 29.2 Å². The SMILES string of the molecule is NCC(NC(=O)c1cccc(S(=O)(=O)N2CCOCC2)c1)C1CC1. The molecule has 1 unspecified atom stereocenters. The molecule has 3 N–H and O–H groups in total. The molecule has 1 heterocycles. The minimum absolute atomic E-state index is 0.0444. The van der Waals surface area contributed by atoms with Gasteiger partial charge in [-0.25, -0.2) is 8.42 Å². The van der Waals surface area contributed by atoms with Gasteiger partial charge in [-0.3, -0.25) is 4.79 Å². The van der Waals surface area contributed by atoms with Crippen molar-refractivity contribution in [2.45, 2.75) is 23.8 Å². The van der Waals surface area contributed by atoms with Gasteiger partial charge in [0.1, 0.15) is 0 Å². The Balaban J connectivity index is 1.76. The van der Waals surface area contributed by atoms with Crippen LogP contribution in [0.3, 0.4) is 0 Å². The highest BCUT2D eigenvalue weighted by Gasteiger charge is 2.32. The van der Waals surface area contributed by atoms with Crippen molar-refractivity contribution in [3.63, 3.8) is 0 Å². The average molecular weight is 353 g/mol. The first-order valence-electron chi connectivity index (χ1n) is 8.21. The quantitative estimate of drug-likeness (QED) is 0.759. The van der Waals surface area contributed by atoms with Crippen molar-refractivity contribution < 1.29 is 17.9 Å². The largest absolute Gasteiger partial charge is 0.379 e. The number of carbonyl (C=O) groups excluding carboxylic acids is 1. The molecule has 0 bridgehead atoms. The molecule has 7 nitrogen and oxygen atoms in total. The van der Waals surface area contributed by atoms with Gasteiger partial charge < -0.3 is 15.8 Å². The van der Waals surface area contributed by atoms with E-state index in [9.17, 15) is 13.2 Å². The number of hydrogen-bond donors (Lipinski definition) is 2. The summed E-state index contributed by atoms with van der Waals surface area (Å²) in [7, 11) is -3.61. The van der Waals surface area contributed by atoms with Gasteiger partial charge in [0.05, 0.1) is 18.1 Å². The van der Waals surface area contributed by atoms with Crippen LogP contribution in [0.25, 0.3) is 0 Å². The molecule has 1 aliphatic heterocycles. The average Bonchev–Trinajstić information content (AvgIpc) is 3.45. The molecule has 1 aliphatic carbocycles. The first kappa shape index (κ1) is 17.3. The topological polar surface area (TPSA) is 102 Å². The Kier molecular flexibility index (Phi) is 5.19. The molecule has 2 aliphatic rings. The van der Waals surface area contributed by atoms with Gasteiger partial charge in [0.25, 0.3) is 5.91 Å². The fourth-order valence-electron chi connectivity index (χ4n) is 2.85. The Morgan fingerprint density at radius 3 is 2.67 bits per heavy atom. The third-order valence-corrected chi connectivity index (χ3v) is 6.36. The molecule has 1 saturated heterocycles. The number of nitrogens with zero attached hydrogens (tertiary/aromatic N) is 1. The Morgan fingerprint density at radius 2 is 2.04 bits per heavy atom.